The second kappa shape index (κ2) is 6.12. The predicted octanol–water partition coefficient (Wildman–Crippen LogP) is 4.41. The molecule has 1 heterocycles. The summed E-state index contributed by atoms with van der Waals surface area (Å²) < 4.78 is 18.0. The summed E-state index contributed by atoms with van der Waals surface area (Å²) in [7, 11) is 0. The molecule has 2 aliphatic carbocycles. The normalized spacial score (nSPS) is 39.3. The van der Waals surface area contributed by atoms with Gasteiger partial charge in [0.1, 0.15) is 0 Å². The number of hydrogen-bond acceptors (Lipinski definition) is 3. The molecule has 24 heavy (non-hydrogen) atoms. The Kier molecular flexibility index (Phi) is 4.22. The lowest BCUT2D eigenvalue weighted by Gasteiger charge is -2.38. The Bertz CT molecular complexity index is 570. The summed E-state index contributed by atoms with van der Waals surface area (Å²) in [4.78, 5) is 0. The average molecular weight is 330 g/mol. The largest absolute Gasteiger partial charge is 0.374 e. The fraction of sp³-hybridized carbons (Fsp3) is 0.714. The number of ether oxygens (including phenoxy) is 3. The molecule has 0 aromatic heterocycles. The summed E-state index contributed by atoms with van der Waals surface area (Å²) >= 11 is 0. The molecular weight excluding hydrogens is 300 g/mol. The zero-order chi connectivity index (χ0) is 16.8. The van der Waals surface area contributed by atoms with Gasteiger partial charge in [0.05, 0.1) is 25.9 Å². The molecule has 132 valence electrons. The average Bonchev–Trinajstić information content (AvgIpc) is 3.13. The van der Waals surface area contributed by atoms with Crippen molar-refractivity contribution in [2.45, 2.75) is 59.0 Å². The molecule has 1 saturated heterocycles. The Morgan fingerprint density at radius 2 is 1.92 bits per heavy atom. The molecule has 1 aromatic carbocycles. The Balaban J connectivity index is 1.22. The van der Waals surface area contributed by atoms with Crippen molar-refractivity contribution in [3.63, 3.8) is 0 Å². The fourth-order valence-electron chi connectivity index (χ4n) is 5.59. The van der Waals surface area contributed by atoms with Crippen LogP contribution in [-0.2, 0) is 20.8 Å². The zero-order valence-electron chi connectivity index (χ0n) is 15.2. The molecule has 4 rings (SSSR count). The molecule has 3 fully saturated rings. The van der Waals surface area contributed by atoms with Gasteiger partial charge in [0.2, 0.25) is 0 Å². The van der Waals surface area contributed by atoms with Gasteiger partial charge in [-0.2, -0.15) is 0 Å². The summed E-state index contributed by atoms with van der Waals surface area (Å²) in [6, 6.07) is 10.3. The summed E-state index contributed by atoms with van der Waals surface area (Å²) in [5.41, 5.74) is 1.94. The first-order chi connectivity index (χ1) is 11.5. The highest BCUT2D eigenvalue weighted by atomic mass is 16.7. The van der Waals surface area contributed by atoms with E-state index in [0.717, 1.165) is 12.3 Å². The zero-order valence-corrected chi connectivity index (χ0v) is 15.2. The van der Waals surface area contributed by atoms with Gasteiger partial charge in [-0.3, -0.25) is 0 Å². The van der Waals surface area contributed by atoms with E-state index < -0.39 is 0 Å². The highest BCUT2D eigenvalue weighted by Gasteiger charge is 2.69. The van der Waals surface area contributed by atoms with Crippen LogP contribution in [0, 0.1) is 22.7 Å². The standard InChI is InChI=1S/C21H30O3/c1-20(2)17-9-10-21(20,3)19-16(17)13-18(24-19)23-12-11-22-14-15-7-5-4-6-8-15/h4-8,16-19H,9-14H2,1-3H3/t16-,17-,18-,19-,21+/m1/s1. The predicted molar refractivity (Wildman–Crippen MR) is 93.4 cm³/mol. The maximum atomic E-state index is 6.34. The highest BCUT2D eigenvalue weighted by Crippen LogP contribution is 2.71. The SMILES string of the molecule is CC1(C)[C@@H]2CC[C@@]1(C)[C@@H]1O[C@@H](OCCOCc3ccccc3)C[C@H]21. The molecule has 3 heteroatoms. The second-order valence-electron chi connectivity index (χ2n) is 8.58. The van der Waals surface area contributed by atoms with Crippen LogP contribution in [0.3, 0.4) is 0 Å². The minimum absolute atomic E-state index is 0.0312. The molecular formula is C21H30O3. The smallest absolute Gasteiger partial charge is 0.158 e. The van der Waals surface area contributed by atoms with Crippen molar-refractivity contribution in [2.75, 3.05) is 13.2 Å². The molecule has 0 unspecified atom stereocenters. The first-order valence-corrected chi connectivity index (χ1v) is 9.41. The third kappa shape index (κ3) is 2.53. The first kappa shape index (κ1) is 16.6. The van der Waals surface area contributed by atoms with Crippen molar-refractivity contribution in [3.05, 3.63) is 35.9 Å². The van der Waals surface area contributed by atoms with Crippen molar-refractivity contribution >= 4 is 0 Å². The van der Waals surface area contributed by atoms with E-state index in [-0.39, 0.29) is 6.29 Å². The van der Waals surface area contributed by atoms with Gasteiger partial charge >= 0.3 is 0 Å². The Labute approximate surface area is 145 Å². The molecule has 0 N–H and O–H groups in total. The number of benzene rings is 1. The minimum Gasteiger partial charge on any atom is -0.374 e. The van der Waals surface area contributed by atoms with Crippen LogP contribution in [0.2, 0.25) is 0 Å². The van der Waals surface area contributed by atoms with Gasteiger partial charge in [0.15, 0.2) is 6.29 Å². The lowest BCUT2D eigenvalue weighted by Crippen LogP contribution is -2.38. The molecule has 2 bridgehead atoms. The monoisotopic (exact) mass is 330 g/mol. The van der Waals surface area contributed by atoms with Crippen molar-refractivity contribution in [2.24, 2.45) is 22.7 Å². The Morgan fingerprint density at radius 1 is 1.12 bits per heavy atom. The van der Waals surface area contributed by atoms with Crippen LogP contribution in [0.4, 0.5) is 0 Å². The third-order valence-corrected chi connectivity index (χ3v) is 7.31. The van der Waals surface area contributed by atoms with Gasteiger partial charge < -0.3 is 14.2 Å². The van der Waals surface area contributed by atoms with E-state index >= 15 is 0 Å². The summed E-state index contributed by atoms with van der Waals surface area (Å²) in [6.07, 6.45) is 4.09. The van der Waals surface area contributed by atoms with E-state index in [1.54, 1.807) is 0 Å². The molecule has 5 atom stereocenters. The molecule has 3 aliphatic rings. The van der Waals surface area contributed by atoms with Crippen LogP contribution in [0.5, 0.6) is 0 Å². The lowest BCUT2D eigenvalue weighted by atomic mass is 9.70. The van der Waals surface area contributed by atoms with Gasteiger partial charge in [-0.25, -0.2) is 0 Å². The van der Waals surface area contributed by atoms with Gasteiger partial charge in [-0.1, -0.05) is 51.1 Å². The highest BCUT2D eigenvalue weighted by molar-refractivity contribution is 5.16. The summed E-state index contributed by atoms with van der Waals surface area (Å²) in [5.74, 6) is 1.49. The van der Waals surface area contributed by atoms with Gasteiger partial charge in [0.25, 0.3) is 0 Å². The maximum Gasteiger partial charge on any atom is 0.158 e. The van der Waals surface area contributed by atoms with E-state index in [0.29, 0.717) is 42.7 Å². The maximum absolute atomic E-state index is 6.34. The molecule has 0 spiro atoms. The van der Waals surface area contributed by atoms with E-state index in [1.807, 2.05) is 18.2 Å². The van der Waals surface area contributed by atoms with Crippen LogP contribution in [0.1, 0.15) is 45.6 Å². The molecule has 1 aliphatic heterocycles. The van der Waals surface area contributed by atoms with Crippen LogP contribution in [0.25, 0.3) is 0 Å². The van der Waals surface area contributed by atoms with Crippen molar-refractivity contribution in [1.82, 2.24) is 0 Å². The molecule has 1 aromatic rings. The van der Waals surface area contributed by atoms with Crippen molar-refractivity contribution < 1.29 is 14.2 Å². The molecule has 0 radical (unpaired) electrons. The Morgan fingerprint density at radius 3 is 2.67 bits per heavy atom. The van der Waals surface area contributed by atoms with Crippen LogP contribution in [0.15, 0.2) is 30.3 Å². The van der Waals surface area contributed by atoms with E-state index in [9.17, 15) is 0 Å². The number of rotatable bonds is 6. The van der Waals surface area contributed by atoms with Gasteiger partial charge in [-0.15, -0.1) is 0 Å². The van der Waals surface area contributed by atoms with E-state index in [2.05, 4.69) is 32.9 Å². The molecule has 2 saturated carbocycles. The van der Waals surface area contributed by atoms with Crippen molar-refractivity contribution in [3.8, 4) is 0 Å². The van der Waals surface area contributed by atoms with Crippen molar-refractivity contribution in [1.29, 1.82) is 0 Å². The van der Waals surface area contributed by atoms with E-state index in [1.165, 1.54) is 18.4 Å². The van der Waals surface area contributed by atoms with Gasteiger partial charge in [0, 0.05) is 6.42 Å². The first-order valence-electron chi connectivity index (χ1n) is 9.41. The van der Waals surface area contributed by atoms with Gasteiger partial charge in [-0.05, 0) is 41.1 Å². The third-order valence-electron chi connectivity index (χ3n) is 7.31. The van der Waals surface area contributed by atoms with Crippen LogP contribution < -0.4 is 0 Å². The molecule has 0 amide bonds. The van der Waals surface area contributed by atoms with E-state index in [4.69, 9.17) is 14.2 Å². The van der Waals surface area contributed by atoms with Crippen LogP contribution in [-0.4, -0.2) is 25.6 Å². The quantitative estimate of drug-likeness (QED) is 0.723. The number of hydrogen-bond donors (Lipinski definition) is 0. The van der Waals surface area contributed by atoms with Crippen LogP contribution >= 0.6 is 0 Å². The molecule has 3 nitrogen and oxygen atoms in total. The number of fused-ring (bicyclic) bond motifs is 5. The Hall–Kier alpha value is -0.900. The topological polar surface area (TPSA) is 27.7 Å². The fourth-order valence-corrected chi connectivity index (χ4v) is 5.59. The summed E-state index contributed by atoms with van der Waals surface area (Å²) in [6.45, 7) is 9.20. The lowest BCUT2D eigenvalue weighted by molar-refractivity contribution is -0.170. The minimum atomic E-state index is -0.0312. The second-order valence-corrected chi connectivity index (χ2v) is 8.58. The summed E-state index contributed by atoms with van der Waals surface area (Å²) in [5, 5.41) is 0.